The van der Waals surface area contributed by atoms with Gasteiger partial charge >= 0.3 is 0 Å². The van der Waals surface area contributed by atoms with Gasteiger partial charge in [-0.05, 0) is 85.9 Å². The van der Waals surface area contributed by atoms with Crippen LogP contribution in [0.1, 0.15) is 51.4 Å². The molecule has 0 spiro atoms. The lowest BCUT2D eigenvalue weighted by Gasteiger charge is -2.44. The summed E-state index contributed by atoms with van der Waals surface area (Å²) in [7, 11) is -0.824. The van der Waals surface area contributed by atoms with Gasteiger partial charge in [-0.25, -0.2) is 0 Å². The highest BCUT2D eigenvalue weighted by molar-refractivity contribution is 7.74. The van der Waals surface area contributed by atoms with E-state index in [1.807, 2.05) is 0 Å². The van der Waals surface area contributed by atoms with Crippen LogP contribution in [0.5, 0.6) is 0 Å². The zero-order valence-electron chi connectivity index (χ0n) is 23.6. The topological polar surface area (TPSA) is 0 Å². The van der Waals surface area contributed by atoms with Gasteiger partial charge in [-0.1, -0.05) is 147 Å². The van der Waals surface area contributed by atoms with Gasteiger partial charge < -0.3 is 0 Å². The van der Waals surface area contributed by atoms with Gasteiger partial charge in [0.1, 0.15) is 0 Å². The molecule has 40 heavy (non-hydrogen) atoms. The second-order valence-electron chi connectivity index (χ2n) is 11.1. The van der Waals surface area contributed by atoms with E-state index in [-0.39, 0.29) is 16.8 Å². The van der Waals surface area contributed by atoms with Crippen molar-refractivity contribution in [3.05, 3.63) is 121 Å². The minimum Gasteiger partial charge on any atom is -0.0622 e. The number of benzene rings is 4. The zero-order valence-corrected chi connectivity index (χ0v) is 25.4. The molecule has 4 heteroatoms. The van der Waals surface area contributed by atoms with Crippen LogP contribution in [0.2, 0.25) is 0 Å². The fourth-order valence-electron chi connectivity index (χ4n) is 7.30. The first kappa shape index (κ1) is 30.8. The van der Waals surface area contributed by atoms with Crippen LogP contribution in [-0.4, -0.2) is 28.1 Å². The van der Waals surface area contributed by atoms with E-state index in [1.165, 1.54) is 51.4 Å². The molecule has 0 bridgehead atoms. The Labute approximate surface area is 249 Å². The Hall–Kier alpha value is -2.13. The lowest BCUT2D eigenvalue weighted by Crippen LogP contribution is -2.39. The maximum atomic E-state index is 2.44. The van der Waals surface area contributed by atoms with E-state index < -0.39 is 15.8 Å². The quantitative estimate of drug-likeness (QED) is 0.155. The van der Waals surface area contributed by atoms with Crippen LogP contribution >= 0.6 is 15.8 Å². The highest BCUT2D eigenvalue weighted by Crippen LogP contribution is 2.59. The highest BCUT2D eigenvalue weighted by atomic mass is 31.1. The molecule has 200 valence electrons. The van der Waals surface area contributed by atoms with E-state index in [0.29, 0.717) is 0 Å². The summed E-state index contributed by atoms with van der Waals surface area (Å²) < 4.78 is 0. The lowest BCUT2D eigenvalue weighted by atomic mass is 9.81. The van der Waals surface area contributed by atoms with E-state index in [2.05, 4.69) is 121 Å². The average molecular weight is 556 g/mol. The molecule has 0 saturated heterocycles. The molecule has 2 fully saturated rings. The van der Waals surface area contributed by atoms with Gasteiger partial charge in [-0.2, -0.15) is 0 Å². The minimum absolute atomic E-state index is 0. The van der Waals surface area contributed by atoms with Crippen molar-refractivity contribution in [2.24, 2.45) is 11.8 Å². The first-order valence-electron chi connectivity index (χ1n) is 14.7. The summed E-state index contributed by atoms with van der Waals surface area (Å²) in [5.41, 5.74) is 1.50. The molecule has 4 aromatic rings. The van der Waals surface area contributed by atoms with Crippen LogP contribution in [0.3, 0.4) is 0 Å². The van der Waals surface area contributed by atoms with Crippen molar-refractivity contribution in [1.82, 2.24) is 0 Å². The summed E-state index contributed by atoms with van der Waals surface area (Å²) in [6.07, 6.45) is 11.2. The predicted molar refractivity (Wildman–Crippen MR) is 181 cm³/mol. The molecule has 0 amide bonds. The van der Waals surface area contributed by atoms with Crippen LogP contribution in [0.25, 0.3) is 0 Å². The third kappa shape index (κ3) is 6.84. The van der Waals surface area contributed by atoms with Crippen molar-refractivity contribution >= 4 is 53.9 Å². The Morgan fingerprint density at radius 2 is 0.875 bits per heavy atom. The Kier molecular flexibility index (Phi) is 11.7. The normalized spacial score (nSPS) is 20.1. The van der Waals surface area contributed by atoms with Crippen molar-refractivity contribution in [3.63, 3.8) is 0 Å². The minimum atomic E-state index is -0.427. The van der Waals surface area contributed by atoms with Gasteiger partial charge in [0, 0.05) is 16.8 Å². The Balaban J connectivity index is 0.00000185. The van der Waals surface area contributed by atoms with E-state index in [9.17, 15) is 0 Å². The molecule has 2 saturated carbocycles. The average Bonchev–Trinajstić information content (AvgIpc) is 3.47. The van der Waals surface area contributed by atoms with E-state index in [4.69, 9.17) is 0 Å². The largest absolute Gasteiger partial charge is 0.0622 e. The van der Waals surface area contributed by atoms with Gasteiger partial charge in [-0.15, -0.1) is 0 Å². The SMILES string of the molecule is [B].[B].c1ccc(P(c2ccccc2)[C@@H]2CCC[C@@H]2[C@H](C2CCCCC2)P(c2ccccc2)c2ccccc2)cc1. The Bertz CT molecular complexity index is 1170. The molecule has 2 aliphatic carbocycles. The van der Waals surface area contributed by atoms with Crippen molar-refractivity contribution in [2.45, 2.75) is 62.7 Å². The zero-order chi connectivity index (χ0) is 25.6. The van der Waals surface area contributed by atoms with Gasteiger partial charge in [0.15, 0.2) is 0 Å². The fourth-order valence-corrected chi connectivity index (χ4v) is 14.1. The molecule has 6 radical (unpaired) electrons. The highest BCUT2D eigenvalue weighted by Gasteiger charge is 2.45. The van der Waals surface area contributed by atoms with Crippen LogP contribution < -0.4 is 21.2 Å². The van der Waals surface area contributed by atoms with Gasteiger partial charge in [0.25, 0.3) is 0 Å². The molecule has 6 rings (SSSR count). The van der Waals surface area contributed by atoms with Crippen molar-refractivity contribution < 1.29 is 0 Å². The van der Waals surface area contributed by atoms with Crippen LogP contribution in [-0.2, 0) is 0 Å². The third-order valence-electron chi connectivity index (χ3n) is 8.87. The van der Waals surface area contributed by atoms with Crippen molar-refractivity contribution in [1.29, 1.82) is 0 Å². The van der Waals surface area contributed by atoms with Gasteiger partial charge in [-0.3, -0.25) is 0 Å². The van der Waals surface area contributed by atoms with E-state index in [1.54, 1.807) is 21.2 Å². The fraction of sp³-hybridized carbons (Fsp3) is 0.333. The van der Waals surface area contributed by atoms with E-state index in [0.717, 1.165) is 23.2 Å². The number of rotatable bonds is 8. The monoisotopic (exact) mass is 556 g/mol. The summed E-state index contributed by atoms with van der Waals surface area (Å²) >= 11 is 0. The molecule has 0 nitrogen and oxygen atoms in total. The molecule has 0 aliphatic heterocycles. The second kappa shape index (κ2) is 15.2. The number of hydrogen-bond donors (Lipinski definition) is 0. The van der Waals surface area contributed by atoms with Crippen LogP contribution in [0.4, 0.5) is 0 Å². The maximum absolute atomic E-state index is 2.44. The predicted octanol–water partition coefficient (Wildman–Crippen LogP) is 7.61. The summed E-state index contributed by atoms with van der Waals surface area (Å²) in [6, 6.07) is 46.3. The standard InChI is InChI=1S/C36H40P2.2B/c1-6-17-29(18-7-1)36(38(32-23-12-4-13-24-32)33-25-14-5-15-26-33)34-27-16-28-35(34)37(30-19-8-2-9-20-30)31-21-10-3-11-22-31;;/h2-5,8-15,19-26,29,34-36H,1,6-7,16-18,27-28H2;;/t34-,35+,36-;;/m0../s1. The van der Waals surface area contributed by atoms with Gasteiger partial charge in [0.2, 0.25) is 0 Å². The molecule has 0 heterocycles. The van der Waals surface area contributed by atoms with Crippen molar-refractivity contribution in [3.8, 4) is 0 Å². The summed E-state index contributed by atoms with van der Waals surface area (Å²) in [5, 5.41) is 6.30. The summed E-state index contributed by atoms with van der Waals surface area (Å²) in [4.78, 5) is 0. The maximum Gasteiger partial charge on any atom is 0 e. The summed E-state index contributed by atoms with van der Waals surface area (Å²) in [5.74, 6) is 1.61. The van der Waals surface area contributed by atoms with E-state index >= 15 is 0 Å². The number of hydrogen-bond acceptors (Lipinski definition) is 0. The summed E-state index contributed by atoms with van der Waals surface area (Å²) in [6.45, 7) is 0. The molecule has 3 atom stereocenters. The molecular weight excluding hydrogens is 516 g/mol. The first-order valence-corrected chi connectivity index (χ1v) is 17.5. The van der Waals surface area contributed by atoms with Crippen LogP contribution in [0, 0.1) is 11.8 Å². The third-order valence-corrected chi connectivity index (χ3v) is 15.0. The smallest absolute Gasteiger partial charge is 0 e. The second-order valence-corrected chi connectivity index (χ2v) is 15.9. The molecular formula is C36H40B2P2. The van der Waals surface area contributed by atoms with Crippen LogP contribution in [0.15, 0.2) is 121 Å². The molecule has 2 aliphatic rings. The first-order chi connectivity index (χ1) is 18.9. The molecule has 0 aromatic heterocycles. The molecule has 0 N–H and O–H groups in total. The van der Waals surface area contributed by atoms with Gasteiger partial charge in [0.05, 0.1) is 0 Å². The molecule has 0 unspecified atom stereocenters. The Morgan fingerprint density at radius 1 is 0.450 bits per heavy atom. The molecule has 4 aromatic carbocycles. The van der Waals surface area contributed by atoms with Crippen molar-refractivity contribution in [2.75, 3.05) is 0 Å². The lowest BCUT2D eigenvalue weighted by molar-refractivity contribution is 0.300. The Morgan fingerprint density at radius 3 is 1.32 bits per heavy atom.